The van der Waals surface area contributed by atoms with Gasteiger partial charge in [0.1, 0.15) is 17.3 Å². The molecule has 1 spiro atoms. The van der Waals surface area contributed by atoms with Crippen LogP contribution < -0.4 is 20.1 Å². The average Bonchev–Trinajstić information content (AvgIpc) is 3.23. The SMILES string of the molecule is Cn1cc2c(c1C(=O)Nc1ccc(F)c(C(F)F)c1)OCC1(CCNC1)NS2(=O)=O. The molecule has 1 amide bonds. The first-order chi connectivity index (χ1) is 14.1. The summed E-state index contributed by atoms with van der Waals surface area (Å²) in [4.78, 5) is 12.7. The minimum absolute atomic E-state index is 0.0165. The topological polar surface area (TPSA) is 101 Å². The fraction of sp³-hybridized carbons (Fsp3) is 0.389. The molecule has 1 aromatic carbocycles. The van der Waals surface area contributed by atoms with E-state index in [0.29, 0.717) is 19.5 Å². The molecule has 0 bridgehead atoms. The molecule has 4 rings (SSSR count). The van der Waals surface area contributed by atoms with Gasteiger partial charge < -0.3 is 19.9 Å². The van der Waals surface area contributed by atoms with Gasteiger partial charge in [-0.2, -0.15) is 0 Å². The molecule has 3 N–H and O–H groups in total. The number of nitrogens with zero attached hydrogens (tertiary/aromatic N) is 1. The molecule has 0 radical (unpaired) electrons. The molecule has 12 heteroatoms. The van der Waals surface area contributed by atoms with Gasteiger partial charge >= 0.3 is 0 Å². The normalized spacial score (nSPS) is 22.6. The Bertz CT molecular complexity index is 1110. The van der Waals surface area contributed by atoms with E-state index in [-0.39, 0.29) is 28.6 Å². The zero-order valence-electron chi connectivity index (χ0n) is 15.8. The number of ether oxygens (including phenoxy) is 1. The van der Waals surface area contributed by atoms with Gasteiger partial charge in [-0.15, -0.1) is 0 Å². The third-order valence-corrected chi connectivity index (χ3v) is 6.75. The number of hydrogen-bond acceptors (Lipinski definition) is 5. The van der Waals surface area contributed by atoms with Crippen molar-refractivity contribution >= 4 is 21.6 Å². The molecule has 3 heterocycles. The fourth-order valence-corrected chi connectivity index (χ4v) is 5.29. The summed E-state index contributed by atoms with van der Waals surface area (Å²) >= 11 is 0. The van der Waals surface area contributed by atoms with Crippen molar-refractivity contribution in [2.24, 2.45) is 7.05 Å². The molecule has 8 nitrogen and oxygen atoms in total. The van der Waals surface area contributed by atoms with Gasteiger partial charge in [-0.05, 0) is 31.2 Å². The molecule has 2 aliphatic rings. The van der Waals surface area contributed by atoms with E-state index in [9.17, 15) is 26.4 Å². The lowest BCUT2D eigenvalue weighted by Gasteiger charge is -2.26. The number of anilines is 1. The van der Waals surface area contributed by atoms with Crippen LogP contribution in [0.3, 0.4) is 0 Å². The predicted molar refractivity (Wildman–Crippen MR) is 101 cm³/mol. The quantitative estimate of drug-likeness (QED) is 0.670. The van der Waals surface area contributed by atoms with Gasteiger partial charge in [0.2, 0.25) is 10.0 Å². The lowest BCUT2D eigenvalue weighted by molar-refractivity contribution is 0.101. The molecule has 1 fully saturated rings. The van der Waals surface area contributed by atoms with Gasteiger partial charge in [-0.1, -0.05) is 0 Å². The zero-order valence-corrected chi connectivity index (χ0v) is 16.7. The van der Waals surface area contributed by atoms with Crippen LogP contribution in [0.15, 0.2) is 29.3 Å². The number of carbonyl (C=O) groups excluding carboxylic acids is 1. The highest BCUT2D eigenvalue weighted by Crippen LogP contribution is 2.36. The summed E-state index contributed by atoms with van der Waals surface area (Å²) in [7, 11) is -2.50. The maximum Gasteiger partial charge on any atom is 0.276 e. The third-order valence-electron chi connectivity index (χ3n) is 5.18. The summed E-state index contributed by atoms with van der Waals surface area (Å²) in [6, 6.07) is 2.79. The lowest BCUT2D eigenvalue weighted by atomic mass is 10.0. The second-order valence-electron chi connectivity index (χ2n) is 7.37. The molecule has 2 aliphatic heterocycles. The van der Waals surface area contributed by atoms with Crippen molar-refractivity contribution in [1.29, 1.82) is 0 Å². The first-order valence-corrected chi connectivity index (χ1v) is 10.6. The molecule has 1 saturated heterocycles. The average molecular weight is 444 g/mol. The van der Waals surface area contributed by atoms with Crippen LogP contribution in [0, 0.1) is 5.82 Å². The number of nitrogens with one attached hydrogen (secondary N) is 3. The summed E-state index contributed by atoms with van der Waals surface area (Å²) in [5.41, 5.74) is -1.82. The molecule has 0 aliphatic carbocycles. The molecule has 162 valence electrons. The van der Waals surface area contributed by atoms with Crippen molar-refractivity contribution < 1.29 is 31.1 Å². The number of alkyl halides is 2. The van der Waals surface area contributed by atoms with E-state index >= 15 is 0 Å². The number of hydrogen-bond donors (Lipinski definition) is 3. The van der Waals surface area contributed by atoms with Crippen molar-refractivity contribution in [2.45, 2.75) is 23.3 Å². The number of amides is 1. The molecule has 1 atom stereocenters. The monoisotopic (exact) mass is 444 g/mol. The van der Waals surface area contributed by atoms with Crippen molar-refractivity contribution in [3.63, 3.8) is 0 Å². The van der Waals surface area contributed by atoms with Crippen LogP contribution in [0.5, 0.6) is 5.75 Å². The van der Waals surface area contributed by atoms with Crippen molar-refractivity contribution in [2.75, 3.05) is 25.0 Å². The van der Waals surface area contributed by atoms with E-state index < -0.39 is 39.3 Å². The van der Waals surface area contributed by atoms with E-state index in [1.54, 1.807) is 0 Å². The van der Waals surface area contributed by atoms with Crippen LogP contribution in [-0.4, -0.2) is 44.1 Å². The van der Waals surface area contributed by atoms with Crippen molar-refractivity contribution in [1.82, 2.24) is 14.6 Å². The van der Waals surface area contributed by atoms with Crippen molar-refractivity contribution in [3.8, 4) is 5.75 Å². The number of halogens is 3. The minimum Gasteiger partial charge on any atom is -0.488 e. The largest absolute Gasteiger partial charge is 0.488 e. The highest BCUT2D eigenvalue weighted by molar-refractivity contribution is 7.89. The van der Waals surface area contributed by atoms with Gasteiger partial charge in [0.05, 0.1) is 11.1 Å². The molecule has 1 unspecified atom stereocenters. The molecular formula is C18H19F3N4O4S. The Labute approximate surface area is 170 Å². The smallest absolute Gasteiger partial charge is 0.276 e. The van der Waals surface area contributed by atoms with Crippen LogP contribution in [0.25, 0.3) is 0 Å². The number of sulfonamides is 1. The Morgan fingerprint density at radius 1 is 1.37 bits per heavy atom. The van der Waals surface area contributed by atoms with Crippen LogP contribution in [0.4, 0.5) is 18.9 Å². The van der Waals surface area contributed by atoms with E-state index in [1.807, 2.05) is 0 Å². The number of fused-ring (bicyclic) bond motifs is 1. The van der Waals surface area contributed by atoms with Crippen molar-refractivity contribution in [3.05, 3.63) is 41.5 Å². The van der Waals surface area contributed by atoms with Crippen LogP contribution in [0.1, 0.15) is 28.9 Å². The Balaban J connectivity index is 1.68. The maximum absolute atomic E-state index is 13.5. The number of aryl methyl sites for hydroxylation is 1. The molecule has 1 aromatic heterocycles. The minimum atomic E-state index is -3.97. The number of benzene rings is 1. The second kappa shape index (κ2) is 7.29. The van der Waals surface area contributed by atoms with E-state index in [4.69, 9.17) is 4.74 Å². The molecule has 30 heavy (non-hydrogen) atoms. The molecule has 2 aromatic rings. The van der Waals surface area contributed by atoms with Gasteiger partial charge in [-0.25, -0.2) is 26.3 Å². The van der Waals surface area contributed by atoms with Crippen LogP contribution in [0.2, 0.25) is 0 Å². The Morgan fingerprint density at radius 3 is 2.80 bits per heavy atom. The number of rotatable bonds is 3. The van der Waals surface area contributed by atoms with Crippen LogP contribution in [-0.2, 0) is 17.1 Å². The second-order valence-corrected chi connectivity index (χ2v) is 9.03. The summed E-state index contributed by atoms with van der Waals surface area (Å²) < 4.78 is 74.8. The fourth-order valence-electron chi connectivity index (χ4n) is 3.68. The molecular weight excluding hydrogens is 425 g/mol. The lowest BCUT2D eigenvalue weighted by Crippen LogP contribution is -2.52. The van der Waals surface area contributed by atoms with Gasteiger partial charge in [-0.3, -0.25) is 4.79 Å². The van der Waals surface area contributed by atoms with E-state index in [0.717, 1.165) is 18.2 Å². The summed E-state index contributed by atoms with van der Waals surface area (Å²) in [6.07, 6.45) is -1.27. The Morgan fingerprint density at radius 2 is 2.13 bits per heavy atom. The van der Waals surface area contributed by atoms with Gasteiger partial charge in [0.25, 0.3) is 12.3 Å². The first kappa shape index (κ1) is 20.7. The highest BCUT2D eigenvalue weighted by Gasteiger charge is 2.44. The number of carbonyl (C=O) groups is 1. The van der Waals surface area contributed by atoms with Crippen LogP contribution >= 0.6 is 0 Å². The first-order valence-electron chi connectivity index (χ1n) is 9.08. The molecule has 0 saturated carbocycles. The summed E-state index contributed by atoms with van der Waals surface area (Å²) in [5.74, 6) is -1.99. The van der Waals surface area contributed by atoms with E-state index in [1.165, 1.54) is 17.8 Å². The highest BCUT2D eigenvalue weighted by atomic mass is 32.2. The van der Waals surface area contributed by atoms with Gasteiger partial charge in [0.15, 0.2) is 11.4 Å². The Hall–Kier alpha value is -2.57. The standard InChI is InChI=1S/C18H19F3N4O4S/c1-25-7-13-15(29-9-18(4-5-22-8-18)24-30(13,27)28)14(25)17(26)23-10-2-3-12(19)11(6-10)16(20)21/h2-3,6-7,16,22,24H,4-5,8-9H2,1H3,(H,23,26). The third kappa shape index (κ3) is 3.55. The predicted octanol–water partition coefficient (Wildman–Crippen LogP) is 1.76. The summed E-state index contributed by atoms with van der Waals surface area (Å²) in [6.45, 7) is 1.02. The maximum atomic E-state index is 13.5. The number of aromatic nitrogens is 1. The Kier molecular flexibility index (Phi) is 5.03. The summed E-state index contributed by atoms with van der Waals surface area (Å²) in [5, 5.41) is 5.48. The van der Waals surface area contributed by atoms with Gasteiger partial charge in [0, 0.05) is 25.5 Å². The zero-order chi connectivity index (χ0) is 21.7. The van der Waals surface area contributed by atoms with E-state index in [2.05, 4.69) is 15.4 Å².